The fourth-order valence-electron chi connectivity index (χ4n) is 2.19. The highest BCUT2D eigenvalue weighted by Crippen LogP contribution is 2.33. The molecule has 0 atom stereocenters. The molecule has 0 spiro atoms. The predicted octanol–water partition coefficient (Wildman–Crippen LogP) is 2.94. The number of phenolic OH excluding ortho intramolecular Hbond substituents is 1. The van der Waals surface area contributed by atoms with Gasteiger partial charge in [-0.15, -0.1) is 0 Å². The van der Waals surface area contributed by atoms with Gasteiger partial charge in [0, 0.05) is 34.6 Å². The summed E-state index contributed by atoms with van der Waals surface area (Å²) in [5.41, 5.74) is 2.48. The second-order valence-electron chi connectivity index (χ2n) is 5.69. The summed E-state index contributed by atoms with van der Waals surface area (Å²) in [4.78, 5) is 33.9. The second kappa shape index (κ2) is 10.2. The molecule has 2 amide bonds. The second-order valence-corrected chi connectivity index (χ2v) is 6.61. The van der Waals surface area contributed by atoms with Gasteiger partial charge in [-0.05, 0) is 24.3 Å². The lowest BCUT2D eigenvalue weighted by Gasteiger charge is -2.06. The number of benzene rings is 2. The number of amides is 2. The third-order valence-corrected chi connectivity index (χ3v) is 4.15. The molecule has 0 saturated heterocycles. The summed E-state index contributed by atoms with van der Waals surface area (Å²) in [6.45, 7) is 0. The fourth-order valence-corrected chi connectivity index (χ4v) is 2.45. The number of rotatable bonds is 8. The van der Waals surface area contributed by atoms with E-state index in [1.807, 2.05) is 0 Å². The molecule has 10 nitrogen and oxygen atoms in total. The van der Waals surface area contributed by atoms with E-state index in [2.05, 4.69) is 31.8 Å². The minimum absolute atomic E-state index is 0.00988. The van der Waals surface area contributed by atoms with Gasteiger partial charge in [0.05, 0.1) is 24.3 Å². The number of methoxy groups -OCH3 is 1. The Morgan fingerprint density at radius 2 is 1.90 bits per heavy atom. The lowest BCUT2D eigenvalue weighted by atomic mass is 10.2. The van der Waals surface area contributed by atoms with Crippen molar-refractivity contribution in [2.24, 2.45) is 5.10 Å². The maximum absolute atomic E-state index is 11.9. The van der Waals surface area contributed by atoms with Crippen molar-refractivity contribution in [1.29, 1.82) is 0 Å². The molecule has 0 heterocycles. The number of carbonyl (C=O) groups is 2. The van der Waals surface area contributed by atoms with E-state index in [1.165, 1.54) is 7.11 Å². The fraction of sp³-hybridized carbons (Fsp3) is 0.167. The zero-order valence-corrected chi connectivity index (χ0v) is 16.8. The van der Waals surface area contributed by atoms with Crippen LogP contribution in [0.2, 0.25) is 0 Å². The maximum atomic E-state index is 11.9. The minimum Gasteiger partial charge on any atom is -0.504 e. The Balaban J connectivity index is 1.89. The number of hydrogen-bond donors (Lipinski definition) is 3. The lowest BCUT2D eigenvalue weighted by Crippen LogP contribution is -2.20. The molecule has 0 aromatic heterocycles. The van der Waals surface area contributed by atoms with Gasteiger partial charge in [0.1, 0.15) is 0 Å². The first-order valence-electron chi connectivity index (χ1n) is 8.23. The summed E-state index contributed by atoms with van der Waals surface area (Å²) < 4.78 is 5.75. The van der Waals surface area contributed by atoms with Crippen molar-refractivity contribution in [1.82, 2.24) is 5.43 Å². The lowest BCUT2D eigenvalue weighted by molar-refractivity contribution is -0.385. The Labute approximate surface area is 173 Å². The van der Waals surface area contributed by atoms with Gasteiger partial charge in [-0.1, -0.05) is 15.9 Å². The molecule has 0 aliphatic rings. The number of non-ortho nitro benzene ring substituents is 1. The van der Waals surface area contributed by atoms with Gasteiger partial charge in [0.25, 0.3) is 5.69 Å². The van der Waals surface area contributed by atoms with Gasteiger partial charge < -0.3 is 15.2 Å². The van der Waals surface area contributed by atoms with E-state index in [-0.39, 0.29) is 41.5 Å². The van der Waals surface area contributed by atoms with Crippen LogP contribution < -0.4 is 15.5 Å². The number of hydrogen-bond acceptors (Lipinski definition) is 7. The van der Waals surface area contributed by atoms with E-state index in [0.717, 1.165) is 22.8 Å². The molecule has 2 rings (SSSR count). The average Bonchev–Trinajstić information content (AvgIpc) is 2.69. The molecule has 29 heavy (non-hydrogen) atoms. The van der Waals surface area contributed by atoms with E-state index in [1.54, 1.807) is 24.3 Å². The molecule has 0 bridgehead atoms. The third kappa shape index (κ3) is 6.57. The van der Waals surface area contributed by atoms with Gasteiger partial charge in [-0.25, -0.2) is 5.43 Å². The third-order valence-electron chi connectivity index (χ3n) is 3.62. The average molecular weight is 465 g/mol. The molecule has 0 fully saturated rings. The van der Waals surface area contributed by atoms with Gasteiger partial charge in [0.15, 0.2) is 11.5 Å². The minimum atomic E-state index is -0.651. The first-order valence-corrected chi connectivity index (χ1v) is 9.02. The number of nitro benzene ring substituents is 1. The number of phenols is 1. The number of carbonyl (C=O) groups excluding carboxylic acids is 2. The number of nitrogens with zero attached hydrogens (tertiary/aromatic N) is 2. The zero-order valence-electron chi connectivity index (χ0n) is 15.2. The Hall–Kier alpha value is -3.47. The number of nitrogens with one attached hydrogen (secondary N) is 2. The molecular weight excluding hydrogens is 448 g/mol. The molecule has 0 aliphatic carbocycles. The number of halogens is 1. The SMILES string of the molecule is COc1cc([N+](=O)[O-])cc(C=NNC(=O)CCC(=O)Nc2ccc(Br)cc2)c1O. The van der Waals surface area contributed by atoms with Crippen molar-refractivity contribution in [3.05, 3.63) is 56.5 Å². The predicted molar refractivity (Wildman–Crippen MR) is 109 cm³/mol. The van der Waals surface area contributed by atoms with E-state index in [9.17, 15) is 24.8 Å². The summed E-state index contributed by atoms with van der Waals surface area (Å²) >= 11 is 3.29. The highest BCUT2D eigenvalue weighted by molar-refractivity contribution is 9.10. The van der Waals surface area contributed by atoms with Crippen molar-refractivity contribution in [3.63, 3.8) is 0 Å². The summed E-state index contributed by atoms with van der Waals surface area (Å²) in [7, 11) is 1.25. The number of hydrazone groups is 1. The van der Waals surface area contributed by atoms with Crippen molar-refractivity contribution in [2.45, 2.75) is 12.8 Å². The van der Waals surface area contributed by atoms with Gasteiger partial charge in [-0.3, -0.25) is 19.7 Å². The van der Waals surface area contributed by atoms with Gasteiger partial charge in [0.2, 0.25) is 11.8 Å². The van der Waals surface area contributed by atoms with Crippen LogP contribution in [0.1, 0.15) is 18.4 Å². The Morgan fingerprint density at radius 3 is 2.52 bits per heavy atom. The normalized spacial score (nSPS) is 10.6. The highest BCUT2D eigenvalue weighted by atomic mass is 79.9. The van der Waals surface area contributed by atoms with E-state index >= 15 is 0 Å². The molecule has 0 aliphatic heterocycles. The van der Waals surface area contributed by atoms with Crippen LogP contribution in [0.5, 0.6) is 11.5 Å². The topological polar surface area (TPSA) is 143 Å². The molecule has 11 heteroatoms. The maximum Gasteiger partial charge on any atom is 0.274 e. The Morgan fingerprint density at radius 1 is 1.24 bits per heavy atom. The summed E-state index contributed by atoms with van der Waals surface area (Å²) in [6, 6.07) is 9.12. The summed E-state index contributed by atoms with van der Waals surface area (Å²) in [6.07, 6.45) is 0.863. The van der Waals surface area contributed by atoms with Crippen LogP contribution in [0.4, 0.5) is 11.4 Å². The molecule has 3 N–H and O–H groups in total. The van der Waals surface area contributed by atoms with Crippen molar-refractivity contribution >= 4 is 45.3 Å². The zero-order chi connectivity index (χ0) is 21.4. The molecule has 2 aromatic rings. The van der Waals surface area contributed by atoms with Crippen LogP contribution in [0.15, 0.2) is 46.0 Å². The Bertz CT molecular complexity index is 946. The molecular formula is C18H17BrN4O6. The summed E-state index contributed by atoms with van der Waals surface area (Å²) in [5, 5.41) is 27.2. The number of anilines is 1. The Kier molecular flexibility index (Phi) is 7.66. The van der Waals surface area contributed by atoms with Crippen molar-refractivity contribution in [2.75, 3.05) is 12.4 Å². The van der Waals surface area contributed by atoms with Crippen LogP contribution in [-0.2, 0) is 9.59 Å². The monoisotopic (exact) mass is 464 g/mol. The number of ether oxygens (including phenoxy) is 1. The first kappa shape index (κ1) is 21.8. The van der Waals surface area contributed by atoms with E-state index in [0.29, 0.717) is 5.69 Å². The number of nitro groups is 1. The van der Waals surface area contributed by atoms with Crippen LogP contribution in [0.25, 0.3) is 0 Å². The molecule has 0 unspecified atom stereocenters. The molecule has 0 saturated carbocycles. The van der Waals surface area contributed by atoms with E-state index < -0.39 is 10.8 Å². The quantitative estimate of drug-likeness (QED) is 0.311. The van der Waals surface area contributed by atoms with Crippen LogP contribution in [0, 0.1) is 10.1 Å². The molecule has 0 radical (unpaired) electrons. The highest BCUT2D eigenvalue weighted by Gasteiger charge is 2.16. The largest absolute Gasteiger partial charge is 0.504 e. The van der Waals surface area contributed by atoms with Crippen molar-refractivity contribution in [3.8, 4) is 11.5 Å². The first-order chi connectivity index (χ1) is 13.8. The smallest absolute Gasteiger partial charge is 0.274 e. The van der Waals surface area contributed by atoms with Crippen LogP contribution in [0.3, 0.4) is 0 Å². The van der Waals surface area contributed by atoms with Crippen LogP contribution in [-0.4, -0.2) is 35.2 Å². The molecule has 2 aromatic carbocycles. The standard InChI is InChI=1S/C18H17BrN4O6/c1-29-15-9-14(23(27)28)8-11(18(15)26)10-20-22-17(25)7-6-16(24)21-13-4-2-12(19)3-5-13/h2-5,8-10,26H,6-7H2,1H3,(H,21,24)(H,22,25). The van der Waals surface area contributed by atoms with Gasteiger partial charge >= 0.3 is 0 Å². The van der Waals surface area contributed by atoms with Gasteiger partial charge in [-0.2, -0.15) is 5.10 Å². The molecule has 152 valence electrons. The van der Waals surface area contributed by atoms with Crippen molar-refractivity contribution < 1.29 is 24.4 Å². The summed E-state index contributed by atoms with van der Waals surface area (Å²) in [5.74, 6) is -1.34. The number of aromatic hydroxyl groups is 1. The van der Waals surface area contributed by atoms with Crippen LogP contribution >= 0.6 is 15.9 Å². The van der Waals surface area contributed by atoms with E-state index in [4.69, 9.17) is 4.74 Å².